The summed E-state index contributed by atoms with van der Waals surface area (Å²) in [7, 11) is 0. The molecule has 0 spiro atoms. The third-order valence-corrected chi connectivity index (χ3v) is 4.34. The molecular weight excluding hydrogens is 310 g/mol. The first-order valence-electron chi connectivity index (χ1n) is 8.05. The summed E-state index contributed by atoms with van der Waals surface area (Å²) >= 11 is 0. The number of Topliss-reactive ketones (excluding diaryl/α,β-unsaturated/α-hetero) is 1. The fraction of sp³-hybridized carbons (Fsp3) is 0.0476. The second-order valence-corrected chi connectivity index (χ2v) is 6.13. The maximum absolute atomic E-state index is 12.9. The molecule has 1 aliphatic rings. The monoisotopic (exact) mass is 327 g/mol. The molecule has 0 radical (unpaired) electrons. The van der Waals surface area contributed by atoms with Crippen LogP contribution in [0.25, 0.3) is 22.2 Å². The van der Waals surface area contributed by atoms with Crippen LogP contribution in [0.5, 0.6) is 0 Å². The molecule has 0 fully saturated rings. The quantitative estimate of drug-likeness (QED) is 0.552. The number of anilines is 1. The maximum Gasteiger partial charge on any atom is 0.194 e. The normalized spacial score (nSPS) is 13.9. The van der Waals surface area contributed by atoms with Crippen LogP contribution in [0, 0.1) is 0 Å². The van der Waals surface area contributed by atoms with Crippen molar-refractivity contribution in [1.29, 1.82) is 0 Å². The first-order chi connectivity index (χ1) is 12.1. The number of aromatic amines is 1. The van der Waals surface area contributed by atoms with Crippen LogP contribution in [-0.2, 0) is 0 Å². The molecule has 25 heavy (non-hydrogen) atoms. The minimum absolute atomic E-state index is 0.0125. The average Bonchev–Trinajstić information content (AvgIpc) is 3.05. The second-order valence-electron chi connectivity index (χ2n) is 6.13. The number of nitrogens with one attached hydrogen (secondary N) is 1. The van der Waals surface area contributed by atoms with Gasteiger partial charge in [0.2, 0.25) is 0 Å². The Morgan fingerprint density at radius 1 is 1.20 bits per heavy atom. The molecule has 0 unspecified atom stereocenters. The largest absolute Gasteiger partial charge is 0.399 e. The molecule has 1 aromatic carbocycles. The van der Waals surface area contributed by atoms with Crippen molar-refractivity contribution in [1.82, 2.24) is 9.97 Å². The van der Waals surface area contributed by atoms with Gasteiger partial charge in [0.25, 0.3) is 0 Å². The highest BCUT2D eigenvalue weighted by molar-refractivity contribution is 6.17. The van der Waals surface area contributed by atoms with Crippen LogP contribution in [0.15, 0.2) is 78.7 Å². The molecule has 3 N–H and O–H groups in total. The number of nitrogens with zero attached hydrogens (tertiary/aromatic N) is 1. The molecule has 2 heterocycles. The SMILES string of the molecule is C=C1C=CC(C(=O)c2c[nH]c3ncc(-c4cccc(N)c4)cc23)=CC1. The van der Waals surface area contributed by atoms with Gasteiger partial charge in [0.15, 0.2) is 5.78 Å². The summed E-state index contributed by atoms with van der Waals surface area (Å²) in [6, 6.07) is 9.60. The molecule has 0 aliphatic heterocycles. The molecule has 0 atom stereocenters. The molecule has 4 nitrogen and oxygen atoms in total. The van der Waals surface area contributed by atoms with Gasteiger partial charge in [-0.1, -0.05) is 42.5 Å². The molecule has 3 aromatic rings. The van der Waals surface area contributed by atoms with Crippen LogP contribution in [-0.4, -0.2) is 15.8 Å². The van der Waals surface area contributed by atoms with Crippen molar-refractivity contribution in [3.63, 3.8) is 0 Å². The molecule has 0 saturated carbocycles. The molecular formula is C21H17N3O. The van der Waals surface area contributed by atoms with E-state index in [1.165, 1.54) is 0 Å². The Labute approximate surface area is 145 Å². The van der Waals surface area contributed by atoms with E-state index in [2.05, 4.69) is 16.5 Å². The van der Waals surface area contributed by atoms with Crippen LogP contribution in [0.2, 0.25) is 0 Å². The van der Waals surface area contributed by atoms with Gasteiger partial charge >= 0.3 is 0 Å². The van der Waals surface area contributed by atoms with Gasteiger partial charge in [-0.3, -0.25) is 4.79 Å². The molecule has 0 saturated heterocycles. The predicted octanol–water partition coefficient (Wildman–Crippen LogP) is 4.44. The minimum atomic E-state index is -0.0125. The molecule has 4 rings (SSSR count). The zero-order valence-corrected chi connectivity index (χ0v) is 13.6. The molecule has 1 aliphatic carbocycles. The van der Waals surface area contributed by atoms with E-state index in [0.29, 0.717) is 28.9 Å². The third-order valence-electron chi connectivity index (χ3n) is 4.34. The van der Waals surface area contributed by atoms with E-state index < -0.39 is 0 Å². The van der Waals surface area contributed by atoms with Gasteiger partial charge < -0.3 is 10.7 Å². The van der Waals surface area contributed by atoms with E-state index in [9.17, 15) is 4.79 Å². The lowest BCUT2D eigenvalue weighted by Crippen LogP contribution is -2.03. The topological polar surface area (TPSA) is 71.8 Å². The predicted molar refractivity (Wildman–Crippen MR) is 101 cm³/mol. The number of ketones is 1. The van der Waals surface area contributed by atoms with Crippen molar-refractivity contribution in [2.75, 3.05) is 5.73 Å². The highest BCUT2D eigenvalue weighted by Gasteiger charge is 2.17. The standard InChI is InChI=1S/C21H17N3O/c1-13-5-7-14(8-6-13)20(25)19-12-24-21-18(19)10-16(11-23-21)15-3-2-4-17(22)9-15/h2-5,7-12H,1,6,22H2,(H,23,24). The second kappa shape index (κ2) is 5.91. The summed E-state index contributed by atoms with van der Waals surface area (Å²) < 4.78 is 0. The molecule has 2 aromatic heterocycles. The van der Waals surface area contributed by atoms with E-state index in [4.69, 9.17) is 5.73 Å². The number of rotatable bonds is 3. The Bertz CT molecular complexity index is 1070. The molecule has 4 heteroatoms. The smallest absolute Gasteiger partial charge is 0.194 e. The van der Waals surface area contributed by atoms with Gasteiger partial charge in [-0.25, -0.2) is 4.98 Å². The summed E-state index contributed by atoms with van der Waals surface area (Å²) in [4.78, 5) is 20.4. The molecule has 0 amide bonds. The Morgan fingerprint density at radius 3 is 2.84 bits per heavy atom. The maximum atomic E-state index is 12.9. The lowest BCUT2D eigenvalue weighted by Gasteiger charge is -2.07. The Hall–Kier alpha value is -3.40. The van der Waals surface area contributed by atoms with E-state index >= 15 is 0 Å². The van der Waals surface area contributed by atoms with Gasteiger partial charge in [0, 0.05) is 40.2 Å². The number of H-pyrrole nitrogens is 1. The van der Waals surface area contributed by atoms with Crippen molar-refractivity contribution in [2.45, 2.75) is 6.42 Å². The average molecular weight is 327 g/mol. The van der Waals surface area contributed by atoms with Gasteiger partial charge in [-0.05, 0) is 30.2 Å². The fourth-order valence-electron chi connectivity index (χ4n) is 2.98. The van der Waals surface area contributed by atoms with Crippen LogP contribution in [0.3, 0.4) is 0 Å². The number of benzene rings is 1. The molecule has 122 valence electrons. The number of nitrogen functional groups attached to an aromatic ring is 1. The lowest BCUT2D eigenvalue weighted by molar-refractivity contribution is 0.103. The van der Waals surface area contributed by atoms with Crippen LogP contribution in [0.4, 0.5) is 5.69 Å². The first-order valence-corrected chi connectivity index (χ1v) is 8.05. The van der Waals surface area contributed by atoms with E-state index in [1.54, 1.807) is 12.4 Å². The van der Waals surface area contributed by atoms with Gasteiger partial charge in [0.05, 0.1) is 0 Å². The first kappa shape index (κ1) is 15.1. The van der Waals surface area contributed by atoms with Gasteiger partial charge in [-0.15, -0.1) is 0 Å². The Balaban J connectivity index is 1.78. The number of allylic oxidation sites excluding steroid dienone is 5. The van der Waals surface area contributed by atoms with E-state index in [1.807, 2.05) is 48.6 Å². The van der Waals surface area contributed by atoms with Crippen molar-refractivity contribution < 1.29 is 4.79 Å². The number of nitrogens with two attached hydrogens (primary N) is 1. The van der Waals surface area contributed by atoms with Crippen molar-refractivity contribution in [3.05, 3.63) is 84.2 Å². The van der Waals surface area contributed by atoms with E-state index in [0.717, 1.165) is 22.1 Å². The van der Waals surface area contributed by atoms with Gasteiger partial charge in [0.1, 0.15) is 5.65 Å². The summed E-state index contributed by atoms with van der Waals surface area (Å²) in [6.07, 6.45) is 9.83. The number of hydrogen-bond donors (Lipinski definition) is 2. The van der Waals surface area contributed by atoms with Crippen molar-refractivity contribution >= 4 is 22.5 Å². The lowest BCUT2D eigenvalue weighted by atomic mass is 9.96. The number of aromatic nitrogens is 2. The zero-order chi connectivity index (χ0) is 17.4. The number of pyridine rings is 1. The summed E-state index contributed by atoms with van der Waals surface area (Å²) in [5, 5.41) is 0.809. The zero-order valence-electron chi connectivity index (χ0n) is 13.6. The number of fused-ring (bicyclic) bond motifs is 1. The number of carbonyl (C=O) groups excluding carboxylic acids is 1. The van der Waals surface area contributed by atoms with Crippen molar-refractivity contribution in [2.24, 2.45) is 0 Å². The van der Waals surface area contributed by atoms with Crippen molar-refractivity contribution in [3.8, 4) is 11.1 Å². The van der Waals surface area contributed by atoms with Gasteiger partial charge in [-0.2, -0.15) is 0 Å². The number of hydrogen-bond acceptors (Lipinski definition) is 3. The highest BCUT2D eigenvalue weighted by Crippen LogP contribution is 2.28. The summed E-state index contributed by atoms with van der Waals surface area (Å²) in [5.41, 5.74) is 11.5. The Morgan fingerprint density at radius 2 is 2.08 bits per heavy atom. The van der Waals surface area contributed by atoms with Crippen LogP contribution >= 0.6 is 0 Å². The highest BCUT2D eigenvalue weighted by atomic mass is 16.1. The minimum Gasteiger partial charge on any atom is -0.399 e. The fourth-order valence-corrected chi connectivity index (χ4v) is 2.98. The third kappa shape index (κ3) is 2.78. The molecule has 0 bridgehead atoms. The van der Waals surface area contributed by atoms with Crippen LogP contribution in [0.1, 0.15) is 16.8 Å². The number of carbonyl (C=O) groups is 1. The van der Waals surface area contributed by atoms with E-state index in [-0.39, 0.29) is 5.78 Å². The summed E-state index contributed by atoms with van der Waals surface area (Å²) in [5.74, 6) is -0.0125. The van der Waals surface area contributed by atoms with Crippen LogP contribution < -0.4 is 5.73 Å². The summed E-state index contributed by atoms with van der Waals surface area (Å²) in [6.45, 7) is 3.90. The Kier molecular flexibility index (Phi) is 3.58.